The van der Waals surface area contributed by atoms with Gasteiger partial charge in [-0.25, -0.2) is 0 Å². The van der Waals surface area contributed by atoms with Crippen LogP contribution in [0.1, 0.15) is 18.1 Å². The first-order valence-corrected chi connectivity index (χ1v) is 4.78. The zero-order valence-electron chi connectivity index (χ0n) is 8.47. The molecule has 1 aromatic carbocycles. The number of ether oxygens (including phenoxy) is 2. The van der Waals surface area contributed by atoms with Crippen LogP contribution in [0.3, 0.4) is 0 Å². The van der Waals surface area contributed by atoms with Gasteiger partial charge in [-0.15, -0.1) is 0 Å². The number of carbonyl (C=O) groups is 1. The van der Waals surface area contributed by atoms with Crippen LogP contribution in [0.15, 0.2) is 36.6 Å². The normalized spacial score (nSPS) is 19.8. The van der Waals surface area contributed by atoms with Crippen LogP contribution in [0.2, 0.25) is 0 Å². The second-order valence-corrected chi connectivity index (χ2v) is 3.37. The minimum atomic E-state index is -0.159. The number of benzene rings is 1. The Balaban J connectivity index is 2.15. The molecular formula is C12H12O3. The predicted molar refractivity (Wildman–Crippen MR) is 55.6 cm³/mol. The van der Waals surface area contributed by atoms with E-state index in [0.29, 0.717) is 6.42 Å². The molecule has 0 fully saturated rings. The van der Waals surface area contributed by atoms with Crippen LogP contribution in [-0.4, -0.2) is 12.9 Å². The summed E-state index contributed by atoms with van der Waals surface area (Å²) in [5.41, 5.74) is 0.994. The highest BCUT2D eigenvalue weighted by Gasteiger charge is 2.18. The lowest BCUT2D eigenvalue weighted by atomic mass is 10.0. The van der Waals surface area contributed by atoms with Gasteiger partial charge in [-0.2, -0.15) is 0 Å². The maximum Gasteiger partial charge on any atom is 0.162 e. The SMILES string of the molecule is COc1ccc([C@H]2CC(=O)C=CO2)cc1. The topological polar surface area (TPSA) is 35.5 Å². The average Bonchev–Trinajstić information content (AvgIpc) is 2.29. The van der Waals surface area contributed by atoms with E-state index in [0.717, 1.165) is 11.3 Å². The van der Waals surface area contributed by atoms with Gasteiger partial charge in [0.05, 0.1) is 19.8 Å². The number of methoxy groups -OCH3 is 1. The standard InChI is InChI=1S/C12H12O3/c1-14-11-4-2-9(3-5-11)12-8-10(13)6-7-15-12/h2-7,12H,8H2,1H3/t12-/m1/s1. The smallest absolute Gasteiger partial charge is 0.162 e. The molecule has 0 saturated heterocycles. The molecule has 15 heavy (non-hydrogen) atoms. The maximum atomic E-state index is 11.2. The molecule has 1 atom stereocenters. The Morgan fingerprint density at radius 2 is 2.07 bits per heavy atom. The summed E-state index contributed by atoms with van der Waals surface area (Å²) in [7, 11) is 1.62. The van der Waals surface area contributed by atoms with E-state index in [1.807, 2.05) is 24.3 Å². The van der Waals surface area contributed by atoms with Crippen molar-refractivity contribution in [1.82, 2.24) is 0 Å². The summed E-state index contributed by atoms with van der Waals surface area (Å²) in [5.74, 6) is 0.901. The molecule has 2 rings (SSSR count). The van der Waals surface area contributed by atoms with Gasteiger partial charge in [0.2, 0.25) is 0 Å². The molecule has 0 saturated carbocycles. The lowest BCUT2D eigenvalue weighted by molar-refractivity contribution is -0.118. The minimum absolute atomic E-state index is 0.0991. The Morgan fingerprint density at radius 3 is 2.67 bits per heavy atom. The van der Waals surface area contributed by atoms with Gasteiger partial charge in [0.25, 0.3) is 0 Å². The lowest BCUT2D eigenvalue weighted by Gasteiger charge is -2.18. The third-order valence-electron chi connectivity index (χ3n) is 2.37. The molecule has 0 radical (unpaired) electrons. The fraction of sp³-hybridized carbons (Fsp3) is 0.250. The highest BCUT2D eigenvalue weighted by atomic mass is 16.5. The van der Waals surface area contributed by atoms with Crippen molar-refractivity contribution in [2.45, 2.75) is 12.5 Å². The number of hydrogen-bond acceptors (Lipinski definition) is 3. The van der Waals surface area contributed by atoms with Crippen LogP contribution in [0.25, 0.3) is 0 Å². The molecular weight excluding hydrogens is 192 g/mol. The quantitative estimate of drug-likeness (QED) is 0.741. The van der Waals surface area contributed by atoms with Crippen molar-refractivity contribution in [1.29, 1.82) is 0 Å². The number of hydrogen-bond donors (Lipinski definition) is 0. The first kappa shape index (κ1) is 9.77. The summed E-state index contributed by atoms with van der Waals surface area (Å²) in [4.78, 5) is 11.2. The van der Waals surface area contributed by atoms with Crippen LogP contribution in [-0.2, 0) is 9.53 Å². The van der Waals surface area contributed by atoms with E-state index in [-0.39, 0.29) is 11.9 Å². The number of ketones is 1. The molecule has 1 heterocycles. The minimum Gasteiger partial charge on any atom is -0.497 e. The summed E-state index contributed by atoms with van der Waals surface area (Å²) >= 11 is 0. The van der Waals surface area contributed by atoms with Gasteiger partial charge in [-0.1, -0.05) is 12.1 Å². The Labute approximate surface area is 88.3 Å². The molecule has 1 aliphatic heterocycles. The molecule has 0 amide bonds. The van der Waals surface area contributed by atoms with Gasteiger partial charge in [0.15, 0.2) is 5.78 Å². The van der Waals surface area contributed by atoms with E-state index in [2.05, 4.69) is 0 Å². The van der Waals surface area contributed by atoms with Crippen molar-refractivity contribution in [3.05, 3.63) is 42.2 Å². The summed E-state index contributed by atoms with van der Waals surface area (Å²) in [6.45, 7) is 0. The highest BCUT2D eigenvalue weighted by Crippen LogP contribution is 2.26. The molecule has 0 aliphatic carbocycles. The van der Waals surface area contributed by atoms with Crippen LogP contribution < -0.4 is 4.74 Å². The predicted octanol–water partition coefficient (Wildman–Crippen LogP) is 2.24. The fourth-order valence-corrected chi connectivity index (χ4v) is 1.52. The van der Waals surface area contributed by atoms with Crippen molar-refractivity contribution in [2.24, 2.45) is 0 Å². The van der Waals surface area contributed by atoms with Crippen LogP contribution >= 0.6 is 0 Å². The third-order valence-corrected chi connectivity index (χ3v) is 2.37. The average molecular weight is 204 g/mol. The molecule has 3 heteroatoms. The number of carbonyl (C=O) groups excluding carboxylic acids is 1. The first-order chi connectivity index (χ1) is 7.29. The fourth-order valence-electron chi connectivity index (χ4n) is 1.52. The molecule has 0 unspecified atom stereocenters. The molecule has 0 spiro atoms. The Kier molecular flexibility index (Phi) is 2.72. The van der Waals surface area contributed by atoms with Gasteiger partial charge in [-0.05, 0) is 17.7 Å². The molecule has 1 aromatic rings. The summed E-state index contributed by atoms with van der Waals surface area (Å²) < 4.78 is 10.4. The third kappa shape index (κ3) is 2.18. The van der Waals surface area contributed by atoms with E-state index in [1.54, 1.807) is 7.11 Å². The van der Waals surface area contributed by atoms with Crippen molar-refractivity contribution in [2.75, 3.05) is 7.11 Å². The zero-order chi connectivity index (χ0) is 10.7. The lowest BCUT2D eigenvalue weighted by Crippen LogP contribution is -2.11. The Morgan fingerprint density at radius 1 is 1.33 bits per heavy atom. The van der Waals surface area contributed by atoms with Crippen LogP contribution in [0.4, 0.5) is 0 Å². The monoisotopic (exact) mass is 204 g/mol. The van der Waals surface area contributed by atoms with Gasteiger partial charge in [-0.3, -0.25) is 4.79 Å². The van der Waals surface area contributed by atoms with E-state index >= 15 is 0 Å². The molecule has 1 aliphatic rings. The largest absolute Gasteiger partial charge is 0.497 e. The molecule has 0 aromatic heterocycles. The van der Waals surface area contributed by atoms with Gasteiger partial charge >= 0.3 is 0 Å². The second kappa shape index (κ2) is 4.17. The van der Waals surface area contributed by atoms with E-state index in [9.17, 15) is 4.79 Å². The summed E-state index contributed by atoms with van der Waals surface area (Å²) in [5, 5.41) is 0. The summed E-state index contributed by atoms with van der Waals surface area (Å²) in [6.07, 6.45) is 3.16. The first-order valence-electron chi connectivity index (χ1n) is 4.78. The summed E-state index contributed by atoms with van der Waals surface area (Å²) in [6, 6.07) is 7.55. The maximum absolute atomic E-state index is 11.2. The van der Waals surface area contributed by atoms with Crippen molar-refractivity contribution in [3.8, 4) is 5.75 Å². The van der Waals surface area contributed by atoms with Crippen LogP contribution in [0, 0.1) is 0 Å². The zero-order valence-corrected chi connectivity index (χ0v) is 8.47. The van der Waals surface area contributed by atoms with Crippen molar-refractivity contribution >= 4 is 5.78 Å². The molecule has 3 nitrogen and oxygen atoms in total. The molecule has 78 valence electrons. The number of rotatable bonds is 2. The Hall–Kier alpha value is -1.77. The molecule has 0 bridgehead atoms. The van der Waals surface area contributed by atoms with Crippen molar-refractivity contribution < 1.29 is 14.3 Å². The van der Waals surface area contributed by atoms with E-state index in [4.69, 9.17) is 9.47 Å². The van der Waals surface area contributed by atoms with Crippen molar-refractivity contribution in [3.63, 3.8) is 0 Å². The highest BCUT2D eigenvalue weighted by molar-refractivity contribution is 5.90. The van der Waals surface area contributed by atoms with E-state index < -0.39 is 0 Å². The number of allylic oxidation sites excluding steroid dienone is 1. The van der Waals surface area contributed by atoms with Gasteiger partial charge in [0, 0.05) is 6.08 Å². The second-order valence-electron chi connectivity index (χ2n) is 3.37. The Bertz CT molecular complexity index is 378. The van der Waals surface area contributed by atoms with E-state index in [1.165, 1.54) is 12.3 Å². The van der Waals surface area contributed by atoms with Gasteiger partial charge in [0.1, 0.15) is 11.9 Å². The van der Waals surface area contributed by atoms with Crippen LogP contribution in [0.5, 0.6) is 5.75 Å². The van der Waals surface area contributed by atoms with Gasteiger partial charge < -0.3 is 9.47 Å². The molecule has 0 N–H and O–H groups in total.